The van der Waals surface area contributed by atoms with Crippen molar-refractivity contribution in [2.45, 2.75) is 64.3 Å². The average Bonchev–Trinajstić information content (AvgIpc) is 3.02. The first kappa shape index (κ1) is 13.0. The Morgan fingerprint density at radius 1 is 1.33 bits per heavy atom. The Balaban J connectivity index is 2.11. The van der Waals surface area contributed by atoms with Crippen LogP contribution in [0.5, 0.6) is 0 Å². The topological polar surface area (TPSA) is 38.0 Å². The molecule has 0 amide bonds. The van der Waals surface area contributed by atoms with E-state index in [9.17, 15) is 0 Å². The highest BCUT2D eigenvalue weighted by Crippen LogP contribution is 2.32. The SMILES string of the molecule is CCCCCC(C)(CN)NCCC1CC1. The van der Waals surface area contributed by atoms with Gasteiger partial charge in [-0.3, -0.25) is 0 Å². The van der Waals surface area contributed by atoms with Crippen molar-refractivity contribution in [1.29, 1.82) is 0 Å². The molecular weight excluding hydrogens is 184 g/mol. The summed E-state index contributed by atoms with van der Waals surface area (Å²) in [5, 5.41) is 3.65. The summed E-state index contributed by atoms with van der Waals surface area (Å²) >= 11 is 0. The van der Waals surface area contributed by atoms with Gasteiger partial charge in [-0.05, 0) is 32.2 Å². The minimum atomic E-state index is 0.185. The molecule has 1 saturated carbocycles. The third kappa shape index (κ3) is 5.53. The van der Waals surface area contributed by atoms with E-state index in [-0.39, 0.29) is 5.54 Å². The van der Waals surface area contributed by atoms with Gasteiger partial charge in [0.15, 0.2) is 0 Å². The van der Waals surface area contributed by atoms with Gasteiger partial charge in [-0.15, -0.1) is 0 Å². The second-order valence-corrected chi connectivity index (χ2v) is 5.38. The van der Waals surface area contributed by atoms with Gasteiger partial charge in [0.2, 0.25) is 0 Å². The average molecular weight is 212 g/mol. The van der Waals surface area contributed by atoms with Crippen LogP contribution in [0, 0.1) is 5.92 Å². The molecule has 1 unspecified atom stereocenters. The summed E-state index contributed by atoms with van der Waals surface area (Å²) in [4.78, 5) is 0. The van der Waals surface area contributed by atoms with Crippen LogP contribution in [0.3, 0.4) is 0 Å². The van der Waals surface area contributed by atoms with Crippen LogP contribution in [0.15, 0.2) is 0 Å². The predicted octanol–water partition coefficient (Wildman–Crippen LogP) is 2.67. The fraction of sp³-hybridized carbons (Fsp3) is 1.00. The zero-order valence-electron chi connectivity index (χ0n) is 10.5. The zero-order chi connectivity index (χ0) is 11.1. The van der Waals surface area contributed by atoms with Crippen LogP contribution in [0.25, 0.3) is 0 Å². The van der Waals surface area contributed by atoms with Crippen molar-refractivity contribution in [2.75, 3.05) is 13.1 Å². The summed E-state index contributed by atoms with van der Waals surface area (Å²) in [6.45, 7) is 6.45. The van der Waals surface area contributed by atoms with Gasteiger partial charge in [-0.1, -0.05) is 39.0 Å². The maximum Gasteiger partial charge on any atom is 0.0275 e. The first-order chi connectivity index (χ1) is 7.20. The van der Waals surface area contributed by atoms with Crippen molar-refractivity contribution >= 4 is 0 Å². The van der Waals surface area contributed by atoms with E-state index in [2.05, 4.69) is 19.2 Å². The smallest absolute Gasteiger partial charge is 0.0275 e. The van der Waals surface area contributed by atoms with Crippen molar-refractivity contribution < 1.29 is 0 Å². The maximum absolute atomic E-state index is 5.86. The summed E-state index contributed by atoms with van der Waals surface area (Å²) in [6.07, 6.45) is 9.42. The van der Waals surface area contributed by atoms with E-state index >= 15 is 0 Å². The van der Waals surface area contributed by atoms with Gasteiger partial charge in [-0.25, -0.2) is 0 Å². The number of rotatable bonds is 9. The van der Waals surface area contributed by atoms with Gasteiger partial charge >= 0.3 is 0 Å². The highest BCUT2D eigenvalue weighted by Gasteiger charge is 2.24. The van der Waals surface area contributed by atoms with Crippen molar-refractivity contribution in [2.24, 2.45) is 11.7 Å². The molecule has 0 aromatic heterocycles. The van der Waals surface area contributed by atoms with Crippen LogP contribution in [0.1, 0.15) is 58.8 Å². The molecule has 0 heterocycles. The van der Waals surface area contributed by atoms with Gasteiger partial charge in [-0.2, -0.15) is 0 Å². The summed E-state index contributed by atoms with van der Waals surface area (Å²) in [7, 11) is 0. The van der Waals surface area contributed by atoms with Crippen LogP contribution >= 0.6 is 0 Å². The highest BCUT2D eigenvalue weighted by molar-refractivity contribution is 4.85. The monoisotopic (exact) mass is 212 g/mol. The molecule has 0 bridgehead atoms. The van der Waals surface area contributed by atoms with Gasteiger partial charge in [0.05, 0.1) is 0 Å². The van der Waals surface area contributed by atoms with E-state index in [1.807, 2.05) is 0 Å². The Morgan fingerprint density at radius 2 is 2.07 bits per heavy atom. The number of hydrogen-bond acceptors (Lipinski definition) is 2. The Hall–Kier alpha value is -0.0800. The normalized spacial score (nSPS) is 20.2. The van der Waals surface area contributed by atoms with E-state index in [0.717, 1.165) is 19.0 Å². The largest absolute Gasteiger partial charge is 0.329 e. The van der Waals surface area contributed by atoms with E-state index < -0.39 is 0 Å². The molecule has 1 fully saturated rings. The van der Waals surface area contributed by atoms with Crippen molar-refractivity contribution in [3.8, 4) is 0 Å². The zero-order valence-corrected chi connectivity index (χ0v) is 10.5. The number of hydrogen-bond donors (Lipinski definition) is 2. The molecule has 2 heteroatoms. The minimum absolute atomic E-state index is 0.185. The van der Waals surface area contributed by atoms with Crippen LogP contribution in [-0.4, -0.2) is 18.6 Å². The summed E-state index contributed by atoms with van der Waals surface area (Å²) < 4.78 is 0. The molecule has 0 spiro atoms. The molecule has 3 N–H and O–H groups in total. The quantitative estimate of drug-likeness (QED) is 0.577. The summed E-state index contributed by atoms with van der Waals surface area (Å²) in [6, 6.07) is 0. The van der Waals surface area contributed by atoms with Crippen LogP contribution in [0.2, 0.25) is 0 Å². The molecule has 0 aliphatic heterocycles. The number of nitrogens with two attached hydrogens (primary N) is 1. The van der Waals surface area contributed by atoms with E-state index in [4.69, 9.17) is 5.73 Å². The van der Waals surface area contributed by atoms with E-state index in [1.54, 1.807) is 0 Å². The number of nitrogens with one attached hydrogen (secondary N) is 1. The van der Waals surface area contributed by atoms with E-state index in [1.165, 1.54) is 44.9 Å². The number of unbranched alkanes of at least 4 members (excludes halogenated alkanes) is 2. The molecule has 0 aromatic carbocycles. The second kappa shape index (κ2) is 6.49. The lowest BCUT2D eigenvalue weighted by Crippen LogP contribution is -2.49. The lowest BCUT2D eigenvalue weighted by Gasteiger charge is -2.29. The molecule has 2 nitrogen and oxygen atoms in total. The van der Waals surface area contributed by atoms with Gasteiger partial charge in [0.25, 0.3) is 0 Å². The molecule has 0 saturated heterocycles. The molecule has 1 rings (SSSR count). The lowest BCUT2D eigenvalue weighted by molar-refractivity contribution is 0.323. The first-order valence-corrected chi connectivity index (χ1v) is 6.65. The molecule has 1 aliphatic carbocycles. The summed E-state index contributed by atoms with van der Waals surface area (Å²) in [5.74, 6) is 1.02. The van der Waals surface area contributed by atoms with Gasteiger partial charge in [0.1, 0.15) is 0 Å². The molecule has 90 valence electrons. The van der Waals surface area contributed by atoms with Crippen LogP contribution in [-0.2, 0) is 0 Å². The lowest BCUT2D eigenvalue weighted by atomic mass is 9.94. The van der Waals surface area contributed by atoms with Crippen molar-refractivity contribution in [3.05, 3.63) is 0 Å². The van der Waals surface area contributed by atoms with E-state index in [0.29, 0.717) is 0 Å². The van der Waals surface area contributed by atoms with Crippen LogP contribution in [0.4, 0.5) is 0 Å². The Labute approximate surface area is 95.0 Å². The van der Waals surface area contributed by atoms with Gasteiger partial charge < -0.3 is 11.1 Å². The summed E-state index contributed by atoms with van der Waals surface area (Å²) in [5.41, 5.74) is 6.04. The fourth-order valence-electron chi connectivity index (χ4n) is 2.01. The molecule has 1 atom stereocenters. The Morgan fingerprint density at radius 3 is 2.60 bits per heavy atom. The third-order valence-corrected chi connectivity index (χ3v) is 3.58. The van der Waals surface area contributed by atoms with Crippen LogP contribution < -0.4 is 11.1 Å². The maximum atomic E-state index is 5.86. The Kier molecular flexibility index (Phi) is 5.62. The highest BCUT2D eigenvalue weighted by atomic mass is 15.0. The molecule has 15 heavy (non-hydrogen) atoms. The molecule has 1 aliphatic rings. The first-order valence-electron chi connectivity index (χ1n) is 6.65. The standard InChI is InChI=1S/C13H28N2/c1-3-4-5-9-13(2,11-14)15-10-8-12-6-7-12/h12,15H,3-11,14H2,1-2H3. The Bertz CT molecular complexity index is 166. The van der Waals surface area contributed by atoms with Gasteiger partial charge in [0, 0.05) is 12.1 Å². The minimum Gasteiger partial charge on any atom is -0.329 e. The fourth-order valence-corrected chi connectivity index (χ4v) is 2.01. The third-order valence-electron chi connectivity index (χ3n) is 3.58. The molecular formula is C13H28N2. The van der Waals surface area contributed by atoms with Crippen molar-refractivity contribution in [3.63, 3.8) is 0 Å². The molecule has 0 aromatic rings. The second-order valence-electron chi connectivity index (χ2n) is 5.38. The molecule has 0 radical (unpaired) electrons. The predicted molar refractivity (Wildman–Crippen MR) is 66.9 cm³/mol. The van der Waals surface area contributed by atoms with Crippen molar-refractivity contribution in [1.82, 2.24) is 5.32 Å².